The maximum atomic E-state index is 12.1. The minimum absolute atomic E-state index is 0.0341. The van der Waals surface area contributed by atoms with Gasteiger partial charge in [-0.2, -0.15) is 0 Å². The van der Waals surface area contributed by atoms with Crippen LogP contribution in [0.4, 0.5) is 5.69 Å². The number of halogens is 1. The van der Waals surface area contributed by atoms with Gasteiger partial charge in [-0.05, 0) is 18.6 Å². The third-order valence-electron chi connectivity index (χ3n) is 3.26. The molecule has 1 N–H and O–H groups in total. The fraction of sp³-hybridized carbons (Fsp3) is 0.200. The minimum atomic E-state index is -0.403. The van der Waals surface area contributed by atoms with E-state index in [1.807, 2.05) is 0 Å². The van der Waals surface area contributed by atoms with Crippen molar-refractivity contribution in [2.75, 3.05) is 5.32 Å². The van der Waals surface area contributed by atoms with E-state index in [0.29, 0.717) is 34.9 Å². The summed E-state index contributed by atoms with van der Waals surface area (Å²) in [6.07, 6.45) is 1.98. The van der Waals surface area contributed by atoms with Crippen LogP contribution < -0.4 is 5.32 Å². The normalized spacial score (nSPS) is 13.9. The molecule has 20 heavy (non-hydrogen) atoms. The maximum Gasteiger partial charge on any atom is 0.291 e. The molecule has 0 aliphatic heterocycles. The van der Waals surface area contributed by atoms with E-state index < -0.39 is 5.91 Å². The molecular formula is C15H12ClNO3. The van der Waals surface area contributed by atoms with Crippen LogP contribution in [-0.4, -0.2) is 11.7 Å². The number of fused-ring (bicyclic) bond motifs is 1. The molecule has 0 saturated carbocycles. The van der Waals surface area contributed by atoms with E-state index in [4.69, 9.17) is 16.0 Å². The van der Waals surface area contributed by atoms with Crippen LogP contribution in [0.3, 0.4) is 0 Å². The van der Waals surface area contributed by atoms with E-state index >= 15 is 0 Å². The summed E-state index contributed by atoms with van der Waals surface area (Å²) in [7, 11) is 0. The summed E-state index contributed by atoms with van der Waals surface area (Å²) in [6, 6.07) is 8.46. The average molecular weight is 290 g/mol. The number of amides is 1. The van der Waals surface area contributed by atoms with Crippen LogP contribution >= 0.6 is 11.6 Å². The van der Waals surface area contributed by atoms with Crippen LogP contribution in [0, 0.1) is 0 Å². The molecule has 1 amide bonds. The molecule has 2 aromatic rings. The SMILES string of the molecule is O=C(Nc1ccccc1Cl)c1cc2c(o1)CCCC2=O. The highest BCUT2D eigenvalue weighted by Crippen LogP contribution is 2.26. The van der Waals surface area contributed by atoms with Crippen molar-refractivity contribution in [1.29, 1.82) is 0 Å². The Labute approximate surface area is 120 Å². The lowest BCUT2D eigenvalue weighted by Gasteiger charge is -2.06. The number of carbonyl (C=O) groups is 2. The van der Waals surface area contributed by atoms with Gasteiger partial charge in [-0.3, -0.25) is 9.59 Å². The molecule has 1 aromatic heterocycles. The molecule has 1 aliphatic carbocycles. The molecule has 0 fully saturated rings. The first-order valence-corrected chi connectivity index (χ1v) is 6.75. The molecule has 0 unspecified atom stereocenters. The van der Waals surface area contributed by atoms with Crippen molar-refractivity contribution in [2.45, 2.75) is 19.3 Å². The average Bonchev–Trinajstić information content (AvgIpc) is 2.87. The lowest BCUT2D eigenvalue weighted by molar-refractivity contribution is 0.0963. The summed E-state index contributed by atoms with van der Waals surface area (Å²) in [5.74, 6) is 0.378. The Balaban J connectivity index is 1.85. The number of hydrogen-bond donors (Lipinski definition) is 1. The van der Waals surface area contributed by atoms with Crippen molar-refractivity contribution >= 4 is 29.0 Å². The van der Waals surface area contributed by atoms with Gasteiger partial charge in [0.05, 0.1) is 16.3 Å². The van der Waals surface area contributed by atoms with Crippen LogP contribution in [0.1, 0.15) is 39.5 Å². The zero-order chi connectivity index (χ0) is 14.1. The van der Waals surface area contributed by atoms with Crippen LogP contribution in [-0.2, 0) is 6.42 Å². The highest BCUT2D eigenvalue weighted by Gasteiger charge is 2.24. The third kappa shape index (κ3) is 2.34. The minimum Gasteiger partial charge on any atom is -0.455 e. The van der Waals surface area contributed by atoms with Gasteiger partial charge in [-0.25, -0.2) is 0 Å². The number of ketones is 1. The monoisotopic (exact) mass is 289 g/mol. The fourth-order valence-electron chi connectivity index (χ4n) is 2.25. The number of para-hydroxylation sites is 1. The second-order valence-electron chi connectivity index (χ2n) is 4.66. The van der Waals surface area contributed by atoms with Gasteiger partial charge in [0.15, 0.2) is 11.5 Å². The summed E-state index contributed by atoms with van der Waals surface area (Å²) < 4.78 is 5.47. The van der Waals surface area contributed by atoms with Crippen molar-refractivity contribution < 1.29 is 14.0 Å². The predicted molar refractivity (Wildman–Crippen MR) is 75.4 cm³/mol. The Morgan fingerprint density at radius 3 is 2.80 bits per heavy atom. The molecule has 3 rings (SSSR count). The largest absolute Gasteiger partial charge is 0.455 e. The van der Waals surface area contributed by atoms with E-state index in [9.17, 15) is 9.59 Å². The van der Waals surface area contributed by atoms with Crippen LogP contribution in [0.5, 0.6) is 0 Å². The number of carbonyl (C=O) groups excluding carboxylic acids is 2. The highest BCUT2D eigenvalue weighted by molar-refractivity contribution is 6.33. The first kappa shape index (κ1) is 12.9. The van der Waals surface area contributed by atoms with Crippen LogP contribution in [0.2, 0.25) is 5.02 Å². The Hall–Kier alpha value is -2.07. The highest BCUT2D eigenvalue weighted by atomic mass is 35.5. The van der Waals surface area contributed by atoms with E-state index in [0.717, 1.165) is 6.42 Å². The number of rotatable bonds is 2. The van der Waals surface area contributed by atoms with Crippen molar-refractivity contribution in [3.8, 4) is 0 Å². The predicted octanol–water partition coefficient (Wildman–Crippen LogP) is 3.70. The van der Waals surface area contributed by atoms with Gasteiger partial charge in [0.1, 0.15) is 5.76 Å². The number of anilines is 1. The number of aryl methyl sites for hydroxylation is 1. The molecule has 1 heterocycles. The number of Topliss-reactive ketones (excluding diaryl/α,β-unsaturated/α-hetero) is 1. The Morgan fingerprint density at radius 2 is 2.05 bits per heavy atom. The number of furan rings is 1. The van der Waals surface area contributed by atoms with Crippen LogP contribution in [0.25, 0.3) is 0 Å². The van der Waals surface area contributed by atoms with Gasteiger partial charge >= 0.3 is 0 Å². The van der Waals surface area contributed by atoms with Gasteiger partial charge in [-0.1, -0.05) is 23.7 Å². The lowest BCUT2D eigenvalue weighted by atomic mass is 9.97. The third-order valence-corrected chi connectivity index (χ3v) is 3.59. The molecule has 1 aromatic carbocycles. The Bertz CT molecular complexity index is 690. The smallest absolute Gasteiger partial charge is 0.291 e. The summed E-state index contributed by atoms with van der Waals surface area (Å²) in [5.41, 5.74) is 1.04. The number of nitrogens with one attached hydrogen (secondary N) is 1. The summed E-state index contributed by atoms with van der Waals surface area (Å²) >= 11 is 5.98. The van der Waals surface area contributed by atoms with Crippen molar-refractivity contribution in [3.63, 3.8) is 0 Å². The molecule has 0 spiro atoms. The van der Waals surface area contributed by atoms with Crippen molar-refractivity contribution in [1.82, 2.24) is 0 Å². The summed E-state index contributed by atoms with van der Waals surface area (Å²) in [6.45, 7) is 0. The van der Waals surface area contributed by atoms with Crippen LogP contribution in [0.15, 0.2) is 34.7 Å². The Morgan fingerprint density at radius 1 is 1.25 bits per heavy atom. The standard InChI is InChI=1S/C15H12ClNO3/c16-10-4-1-2-5-11(10)17-15(19)14-8-9-12(18)6-3-7-13(9)20-14/h1-2,4-5,8H,3,6-7H2,(H,17,19). The summed E-state index contributed by atoms with van der Waals surface area (Å²) in [4.78, 5) is 23.8. The van der Waals surface area contributed by atoms with E-state index in [1.165, 1.54) is 6.07 Å². The first-order chi connectivity index (χ1) is 9.65. The topological polar surface area (TPSA) is 59.3 Å². The number of hydrogen-bond acceptors (Lipinski definition) is 3. The molecule has 0 saturated heterocycles. The molecule has 5 heteroatoms. The van der Waals surface area contributed by atoms with Gasteiger partial charge in [0.2, 0.25) is 0 Å². The van der Waals surface area contributed by atoms with Gasteiger partial charge in [-0.15, -0.1) is 0 Å². The zero-order valence-corrected chi connectivity index (χ0v) is 11.4. The van der Waals surface area contributed by atoms with Crippen molar-refractivity contribution in [2.24, 2.45) is 0 Å². The lowest BCUT2D eigenvalue weighted by Crippen LogP contribution is -2.11. The first-order valence-electron chi connectivity index (χ1n) is 6.37. The van der Waals surface area contributed by atoms with E-state index in [2.05, 4.69) is 5.32 Å². The second kappa shape index (κ2) is 5.13. The molecule has 102 valence electrons. The van der Waals surface area contributed by atoms with Gasteiger partial charge < -0.3 is 9.73 Å². The number of benzene rings is 1. The maximum absolute atomic E-state index is 12.1. The fourth-order valence-corrected chi connectivity index (χ4v) is 2.44. The summed E-state index contributed by atoms with van der Waals surface area (Å²) in [5, 5.41) is 3.13. The van der Waals surface area contributed by atoms with E-state index in [1.54, 1.807) is 24.3 Å². The molecular weight excluding hydrogens is 278 g/mol. The quantitative estimate of drug-likeness (QED) is 0.917. The van der Waals surface area contributed by atoms with Crippen molar-refractivity contribution in [3.05, 3.63) is 52.4 Å². The Kier molecular flexibility index (Phi) is 3.32. The second-order valence-corrected chi connectivity index (χ2v) is 5.07. The molecule has 1 aliphatic rings. The van der Waals surface area contributed by atoms with Gasteiger partial charge in [0.25, 0.3) is 5.91 Å². The zero-order valence-electron chi connectivity index (χ0n) is 10.6. The van der Waals surface area contributed by atoms with Gasteiger partial charge in [0, 0.05) is 18.9 Å². The molecule has 0 radical (unpaired) electrons. The van der Waals surface area contributed by atoms with E-state index in [-0.39, 0.29) is 11.5 Å². The molecule has 0 bridgehead atoms. The molecule has 4 nitrogen and oxygen atoms in total. The molecule has 0 atom stereocenters.